The van der Waals surface area contributed by atoms with Crippen LogP contribution in [0.5, 0.6) is 0 Å². The maximum atomic E-state index is 13.4. The normalized spacial score (nSPS) is 10.8. The average molecular weight is 354 g/mol. The van der Waals surface area contributed by atoms with Crippen molar-refractivity contribution in [1.29, 1.82) is 0 Å². The Morgan fingerprint density at radius 1 is 1.23 bits per heavy atom. The quantitative estimate of drug-likeness (QED) is 0.430. The highest BCUT2D eigenvalue weighted by Gasteiger charge is 2.16. The molecule has 0 aliphatic carbocycles. The maximum Gasteiger partial charge on any atom is 0.305 e. The van der Waals surface area contributed by atoms with Crippen molar-refractivity contribution in [2.24, 2.45) is 5.10 Å². The van der Waals surface area contributed by atoms with Gasteiger partial charge in [-0.15, -0.1) is 0 Å². The first-order valence-corrected chi connectivity index (χ1v) is 7.32. The zero-order valence-electron chi connectivity index (χ0n) is 13.1. The topological polar surface area (TPSA) is 111 Å². The third kappa shape index (κ3) is 3.78. The number of hydrazone groups is 1. The predicted octanol–water partition coefficient (Wildman–Crippen LogP) is 3.15. The lowest BCUT2D eigenvalue weighted by atomic mass is 10.1. The molecule has 26 heavy (non-hydrogen) atoms. The first-order valence-electron chi connectivity index (χ1n) is 7.32. The largest absolute Gasteiger partial charge is 0.455 e. The summed E-state index contributed by atoms with van der Waals surface area (Å²) in [6.07, 6.45) is 4.25. The first-order chi connectivity index (χ1) is 12.5. The molecule has 2 aromatic heterocycles. The summed E-state index contributed by atoms with van der Waals surface area (Å²) in [4.78, 5) is 25.6. The molecule has 0 atom stereocenters. The number of furan rings is 1. The van der Waals surface area contributed by atoms with Gasteiger partial charge in [0.1, 0.15) is 11.5 Å². The number of aromatic nitrogens is 1. The van der Waals surface area contributed by atoms with Crippen molar-refractivity contribution >= 4 is 17.8 Å². The van der Waals surface area contributed by atoms with Crippen LogP contribution in [-0.4, -0.2) is 22.0 Å². The highest BCUT2D eigenvalue weighted by Crippen LogP contribution is 2.27. The van der Waals surface area contributed by atoms with Crippen LogP contribution >= 0.6 is 0 Å². The lowest BCUT2D eigenvalue weighted by Gasteiger charge is -1.99. The number of nitrogens with zero attached hydrogens (tertiary/aromatic N) is 3. The first kappa shape index (κ1) is 17.0. The van der Waals surface area contributed by atoms with Gasteiger partial charge in [-0.05, 0) is 36.4 Å². The van der Waals surface area contributed by atoms with E-state index < -0.39 is 22.3 Å². The Bertz CT molecular complexity index is 985. The van der Waals surface area contributed by atoms with E-state index in [0.717, 1.165) is 12.1 Å². The van der Waals surface area contributed by atoms with Crippen LogP contribution in [0.2, 0.25) is 0 Å². The Kier molecular flexibility index (Phi) is 4.79. The molecule has 0 bridgehead atoms. The van der Waals surface area contributed by atoms with E-state index in [2.05, 4.69) is 15.5 Å². The molecule has 9 heteroatoms. The van der Waals surface area contributed by atoms with Gasteiger partial charge < -0.3 is 4.42 Å². The van der Waals surface area contributed by atoms with E-state index >= 15 is 0 Å². The number of benzene rings is 1. The zero-order valence-corrected chi connectivity index (χ0v) is 13.1. The van der Waals surface area contributed by atoms with Crippen molar-refractivity contribution in [2.45, 2.75) is 0 Å². The number of nitro groups is 1. The lowest BCUT2D eigenvalue weighted by Crippen LogP contribution is -2.17. The van der Waals surface area contributed by atoms with E-state index in [0.29, 0.717) is 22.6 Å². The minimum Gasteiger partial charge on any atom is -0.455 e. The number of carbonyl (C=O) groups excluding carboxylic acids is 1. The number of carbonyl (C=O) groups is 1. The molecule has 0 aliphatic rings. The molecule has 2 heterocycles. The zero-order chi connectivity index (χ0) is 18.5. The third-order valence-electron chi connectivity index (χ3n) is 3.35. The minimum absolute atomic E-state index is 0.301. The number of hydrogen-bond acceptors (Lipinski definition) is 6. The molecule has 1 N–H and O–H groups in total. The van der Waals surface area contributed by atoms with Gasteiger partial charge in [0.2, 0.25) is 5.82 Å². The molecule has 0 fully saturated rings. The van der Waals surface area contributed by atoms with Crippen LogP contribution in [0, 0.1) is 15.9 Å². The van der Waals surface area contributed by atoms with Gasteiger partial charge in [-0.1, -0.05) is 0 Å². The Balaban J connectivity index is 1.71. The van der Waals surface area contributed by atoms with Crippen LogP contribution in [0.15, 0.2) is 64.4 Å². The summed E-state index contributed by atoms with van der Waals surface area (Å²) >= 11 is 0. The number of rotatable bonds is 5. The fraction of sp³-hybridized carbons (Fsp3) is 0. The Labute approximate surface area is 146 Å². The highest BCUT2D eigenvalue weighted by atomic mass is 19.1. The molecule has 0 aliphatic heterocycles. The van der Waals surface area contributed by atoms with Crippen molar-refractivity contribution in [2.75, 3.05) is 0 Å². The molecule has 8 nitrogen and oxygen atoms in total. The minimum atomic E-state index is -0.925. The van der Waals surface area contributed by atoms with Crippen molar-refractivity contribution in [1.82, 2.24) is 10.4 Å². The summed E-state index contributed by atoms with van der Waals surface area (Å²) in [6, 6.07) is 9.65. The molecular formula is C17H11FN4O4. The van der Waals surface area contributed by atoms with Gasteiger partial charge in [-0.2, -0.15) is 9.49 Å². The number of hydrogen-bond donors (Lipinski definition) is 1. The molecule has 0 saturated carbocycles. The predicted molar refractivity (Wildman–Crippen MR) is 90.1 cm³/mol. The molecule has 3 aromatic rings. The van der Waals surface area contributed by atoms with Gasteiger partial charge in [-0.25, -0.2) is 5.43 Å². The van der Waals surface area contributed by atoms with E-state index in [4.69, 9.17) is 4.42 Å². The second-order valence-electron chi connectivity index (χ2n) is 5.06. The van der Waals surface area contributed by atoms with Crippen molar-refractivity contribution < 1.29 is 18.5 Å². The van der Waals surface area contributed by atoms with E-state index in [-0.39, 0.29) is 0 Å². The van der Waals surface area contributed by atoms with Crippen LogP contribution < -0.4 is 5.43 Å². The summed E-state index contributed by atoms with van der Waals surface area (Å²) < 4.78 is 18.9. The van der Waals surface area contributed by atoms with Crippen LogP contribution in [0.1, 0.15) is 16.1 Å². The summed E-state index contributed by atoms with van der Waals surface area (Å²) in [5.74, 6) is -0.729. The molecule has 3 rings (SSSR count). The van der Waals surface area contributed by atoms with Crippen LogP contribution in [0.25, 0.3) is 11.3 Å². The van der Waals surface area contributed by atoms with Gasteiger partial charge in [-0.3, -0.25) is 19.9 Å². The Morgan fingerprint density at radius 2 is 2.00 bits per heavy atom. The number of halogens is 1. The summed E-state index contributed by atoms with van der Waals surface area (Å²) in [6.45, 7) is 0. The Hall–Kier alpha value is -3.88. The molecule has 130 valence electrons. The smallest absolute Gasteiger partial charge is 0.305 e. The fourth-order valence-electron chi connectivity index (χ4n) is 2.11. The van der Waals surface area contributed by atoms with Crippen LogP contribution in [0.3, 0.4) is 0 Å². The summed E-state index contributed by atoms with van der Waals surface area (Å²) in [7, 11) is 0. The molecule has 1 aromatic carbocycles. The average Bonchev–Trinajstić information content (AvgIpc) is 3.11. The third-order valence-corrected chi connectivity index (χ3v) is 3.35. The highest BCUT2D eigenvalue weighted by molar-refractivity contribution is 5.94. The van der Waals surface area contributed by atoms with Crippen LogP contribution in [-0.2, 0) is 0 Å². The number of amides is 1. The second-order valence-corrected chi connectivity index (χ2v) is 5.06. The summed E-state index contributed by atoms with van der Waals surface area (Å²) in [5.41, 5.74) is 2.44. The number of pyridine rings is 1. The van der Waals surface area contributed by atoms with E-state index in [1.165, 1.54) is 36.8 Å². The molecule has 0 radical (unpaired) electrons. The fourth-order valence-corrected chi connectivity index (χ4v) is 2.11. The molecular weight excluding hydrogens is 343 g/mol. The standard InChI is InChI=1S/C17H11FN4O4/c18-14-3-1-12(9-15(14)22(24)25)16-4-2-13(26-16)10-20-21-17(23)11-5-7-19-8-6-11/h1-10H,(H,21,23)/b20-10+. The molecule has 0 spiro atoms. The van der Waals surface area contributed by atoms with Crippen molar-refractivity contribution in [3.8, 4) is 11.3 Å². The van der Waals surface area contributed by atoms with E-state index in [1.54, 1.807) is 12.1 Å². The van der Waals surface area contributed by atoms with Crippen LogP contribution in [0.4, 0.5) is 10.1 Å². The number of nitro benzene ring substituents is 1. The maximum absolute atomic E-state index is 13.4. The van der Waals surface area contributed by atoms with Gasteiger partial charge >= 0.3 is 5.69 Å². The van der Waals surface area contributed by atoms with Gasteiger partial charge in [0.05, 0.1) is 11.1 Å². The molecule has 0 unspecified atom stereocenters. The monoisotopic (exact) mass is 354 g/mol. The number of nitrogens with one attached hydrogen (secondary N) is 1. The van der Waals surface area contributed by atoms with Crippen molar-refractivity contribution in [3.05, 3.63) is 82.1 Å². The SMILES string of the molecule is O=C(N/N=C/c1ccc(-c2ccc(F)c([N+](=O)[O-])c2)o1)c1ccncc1. The van der Waals surface area contributed by atoms with Gasteiger partial charge in [0.15, 0.2) is 0 Å². The van der Waals surface area contributed by atoms with Gasteiger partial charge in [0, 0.05) is 29.6 Å². The van der Waals surface area contributed by atoms with E-state index in [9.17, 15) is 19.3 Å². The molecule has 0 saturated heterocycles. The Morgan fingerprint density at radius 3 is 2.73 bits per heavy atom. The van der Waals surface area contributed by atoms with Gasteiger partial charge in [0.25, 0.3) is 5.91 Å². The lowest BCUT2D eigenvalue weighted by molar-refractivity contribution is -0.387. The van der Waals surface area contributed by atoms with Crippen molar-refractivity contribution in [3.63, 3.8) is 0 Å². The molecule has 1 amide bonds. The summed E-state index contributed by atoms with van der Waals surface area (Å²) in [5, 5.41) is 14.6. The second kappa shape index (κ2) is 7.34. The van der Waals surface area contributed by atoms with E-state index in [1.807, 2.05) is 0 Å².